The van der Waals surface area contributed by atoms with Crippen LogP contribution in [0, 0.1) is 3.57 Å². The summed E-state index contributed by atoms with van der Waals surface area (Å²) in [6, 6.07) is 7.51. The molecule has 0 bridgehead atoms. The number of hydrogen-bond donors (Lipinski definition) is 1. The standard InChI is InChI=1S/C20H28IO3.3CH3.Sn/c1-3-20(2,23)15-11-7-5-4-6-8-12-16-24-19(22)17-13-9-10-14-18(17)21;;;;/h1,3,9-10,13-14,23H,4-8,11-12,15-16H2,2H3;3*1H3;. The van der Waals surface area contributed by atoms with Gasteiger partial charge in [-0.1, -0.05) is 12.1 Å². The van der Waals surface area contributed by atoms with E-state index in [1.54, 1.807) is 0 Å². The number of benzene rings is 1. The smallest absolute Gasteiger partial charge is 0.462 e. The second-order valence-electron chi connectivity index (χ2n) is 8.90. The number of carbonyl (C=O) groups excluding carboxylic acids is 1. The fourth-order valence-corrected chi connectivity index (χ4v) is 5.91. The maximum absolute atomic E-state index is 12.0. The summed E-state index contributed by atoms with van der Waals surface area (Å²) in [5, 5.41) is 10.4. The Hall–Kier alpha value is -0.0813. The number of unbranched alkanes of at least 4 members (excludes halogenated alkanes) is 6. The van der Waals surface area contributed by atoms with Crippen molar-refractivity contribution in [3.8, 4) is 0 Å². The van der Waals surface area contributed by atoms with Gasteiger partial charge in [-0.3, -0.25) is 0 Å². The van der Waals surface area contributed by atoms with E-state index in [1.165, 1.54) is 25.7 Å². The number of halogens is 1. The van der Waals surface area contributed by atoms with Crippen molar-refractivity contribution in [3.63, 3.8) is 0 Å². The summed E-state index contributed by atoms with van der Waals surface area (Å²) in [5.41, 5.74) is 0.00449. The van der Waals surface area contributed by atoms with Gasteiger partial charge in [-0.25, -0.2) is 4.79 Å². The zero-order chi connectivity index (χ0) is 21.0. The molecule has 0 spiro atoms. The van der Waals surface area contributed by atoms with Gasteiger partial charge in [0.05, 0.1) is 5.56 Å². The van der Waals surface area contributed by atoms with Crippen LogP contribution in [0.3, 0.4) is 0 Å². The van der Waals surface area contributed by atoms with Crippen LogP contribution in [0.4, 0.5) is 0 Å². The maximum atomic E-state index is 12.0. The van der Waals surface area contributed by atoms with Crippen molar-refractivity contribution in [3.05, 3.63) is 43.6 Å². The minimum atomic E-state index is -1.94. The van der Waals surface area contributed by atoms with Crippen LogP contribution in [-0.4, -0.2) is 41.7 Å². The molecule has 0 aromatic heterocycles. The average Bonchev–Trinajstić information content (AvgIpc) is 2.61. The van der Waals surface area contributed by atoms with Crippen molar-refractivity contribution >= 4 is 46.9 Å². The molecule has 158 valence electrons. The Kier molecular flexibility index (Phi) is 12.3. The molecule has 0 heterocycles. The molecule has 0 fully saturated rings. The van der Waals surface area contributed by atoms with E-state index in [4.69, 9.17) is 4.74 Å². The van der Waals surface area contributed by atoms with E-state index in [0.717, 1.165) is 29.3 Å². The number of hydrogen-bond acceptors (Lipinski definition) is 3. The van der Waals surface area contributed by atoms with E-state index >= 15 is 0 Å². The van der Waals surface area contributed by atoms with Crippen LogP contribution in [0.2, 0.25) is 14.8 Å². The molecular formula is C23H37IO3Sn. The first-order valence-corrected chi connectivity index (χ1v) is 21.7. The molecule has 1 aromatic rings. The van der Waals surface area contributed by atoms with E-state index in [-0.39, 0.29) is 5.97 Å². The molecule has 0 amide bonds. The number of rotatable bonds is 13. The van der Waals surface area contributed by atoms with Crippen molar-refractivity contribution < 1.29 is 14.6 Å². The molecule has 1 rings (SSSR count). The third kappa shape index (κ3) is 12.5. The first-order valence-electron chi connectivity index (χ1n) is 10.5. The molecule has 0 saturated heterocycles. The van der Waals surface area contributed by atoms with Gasteiger partial charge in [0, 0.05) is 3.57 Å². The summed E-state index contributed by atoms with van der Waals surface area (Å²) in [7, 11) is 0. The normalized spacial score (nSPS) is 14.2. The fourth-order valence-electron chi connectivity index (χ4n) is 2.85. The minimum Gasteiger partial charge on any atom is -0.462 e. The molecule has 5 heteroatoms. The van der Waals surface area contributed by atoms with Crippen LogP contribution >= 0.6 is 22.6 Å². The SMILES string of the molecule is CC(O)(/C=[CH]/[Sn]([CH3])([CH3])[CH3])CCCCCCCCCOC(=O)c1ccccc1I. The summed E-state index contributed by atoms with van der Waals surface area (Å²) in [6.07, 6.45) is 10.7. The Labute approximate surface area is 189 Å². The Bertz CT molecular complexity index is 621. The van der Waals surface area contributed by atoms with Gasteiger partial charge in [0.25, 0.3) is 0 Å². The van der Waals surface area contributed by atoms with Crippen molar-refractivity contribution in [1.29, 1.82) is 0 Å². The molecule has 0 aliphatic carbocycles. The topological polar surface area (TPSA) is 46.5 Å². The van der Waals surface area contributed by atoms with Crippen molar-refractivity contribution in [2.45, 2.75) is 78.7 Å². The average molecular weight is 607 g/mol. The zero-order valence-corrected chi connectivity index (χ0v) is 23.0. The summed E-state index contributed by atoms with van der Waals surface area (Å²) >= 11 is 0.223. The predicted molar refractivity (Wildman–Crippen MR) is 129 cm³/mol. The zero-order valence-electron chi connectivity index (χ0n) is 18.0. The van der Waals surface area contributed by atoms with Crippen LogP contribution in [0.15, 0.2) is 34.4 Å². The van der Waals surface area contributed by atoms with Gasteiger partial charge in [-0.05, 0) is 34.7 Å². The van der Waals surface area contributed by atoms with E-state index in [0.29, 0.717) is 12.2 Å². The summed E-state index contributed by atoms with van der Waals surface area (Å²) in [5.74, 6) is -0.221. The number of ether oxygens (including phenoxy) is 1. The molecule has 3 nitrogen and oxygen atoms in total. The van der Waals surface area contributed by atoms with Crippen LogP contribution in [-0.2, 0) is 4.74 Å². The number of aliphatic hydroxyl groups is 1. The quantitative estimate of drug-likeness (QED) is 0.117. The first-order chi connectivity index (χ1) is 13.1. The van der Waals surface area contributed by atoms with Crippen molar-refractivity contribution in [2.24, 2.45) is 0 Å². The fraction of sp³-hybridized carbons (Fsp3) is 0.609. The van der Waals surface area contributed by atoms with Gasteiger partial charge < -0.3 is 4.74 Å². The van der Waals surface area contributed by atoms with E-state index in [1.807, 2.05) is 37.3 Å². The van der Waals surface area contributed by atoms with Crippen LogP contribution in [0.1, 0.15) is 68.6 Å². The molecule has 1 atom stereocenters. The van der Waals surface area contributed by atoms with Crippen LogP contribution < -0.4 is 0 Å². The van der Waals surface area contributed by atoms with Crippen molar-refractivity contribution in [1.82, 2.24) is 0 Å². The molecule has 1 unspecified atom stereocenters. The Morgan fingerprint density at radius 2 is 1.64 bits per heavy atom. The number of esters is 1. The summed E-state index contributed by atoms with van der Waals surface area (Å²) in [6.45, 7) is 2.43. The van der Waals surface area contributed by atoms with Crippen LogP contribution in [0.25, 0.3) is 0 Å². The Morgan fingerprint density at radius 1 is 1.07 bits per heavy atom. The van der Waals surface area contributed by atoms with Gasteiger partial charge in [0.1, 0.15) is 0 Å². The summed E-state index contributed by atoms with van der Waals surface area (Å²) < 4.78 is 8.60. The second-order valence-corrected chi connectivity index (χ2v) is 24.5. The minimum absolute atomic E-state index is 0.221. The third-order valence-corrected chi connectivity index (χ3v) is 8.87. The van der Waals surface area contributed by atoms with Crippen LogP contribution in [0.5, 0.6) is 0 Å². The first kappa shape index (κ1) is 26.0. The molecule has 1 aromatic carbocycles. The molecule has 28 heavy (non-hydrogen) atoms. The van der Waals surface area contributed by atoms with Gasteiger partial charge in [-0.15, -0.1) is 0 Å². The molecular weight excluding hydrogens is 570 g/mol. The van der Waals surface area contributed by atoms with E-state index < -0.39 is 24.0 Å². The molecule has 0 saturated carbocycles. The van der Waals surface area contributed by atoms with Crippen molar-refractivity contribution in [2.75, 3.05) is 6.61 Å². The predicted octanol–water partition coefficient (Wildman–Crippen LogP) is 6.75. The van der Waals surface area contributed by atoms with E-state index in [9.17, 15) is 9.90 Å². The van der Waals surface area contributed by atoms with Gasteiger partial charge in [0.15, 0.2) is 0 Å². The second kappa shape index (κ2) is 13.3. The Morgan fingerprint density at radius 3 is 2.25 bits per heavy atom. The molecule has 0 radical (unpaired) electrons. The summed E-state index contributed by atoms with van der Waals surface area (Å²) in [4.78, 5) is 19.1. The molecule has 0 aliphatic rings. The third-order valence-electron chi connectivity index (χ3n) is 4.60. The monoisotopic (exact) mass is 608 g/mol. The molecule has 0 aliphatic heterocycles. The van der Waals surface area contributed by atoms with Gasteiger partial charge in [0.2, 0.25) is 0 Å². The molecule has 1 N–H and O–H groups in total. The van der Waals surface area contributed by atoms with Gasteiger partial charge >= 0.3 is 125 Å². The van der Waals surface area contributed by atoms with E-state index in [2.05, 4.69) is 41.5 Å². The Balaban J connectivity index is 2.03. The van der Waals surface area contributed by atoms with Gasteiger partial charge in [-0.2, -0.15) is 0 Å². The number of carbonyl (C=O) groups is 1.